The summed E-state index contributed by atoms with van der Waals surface area (Å²) in [6, 6.07) is -3.15. The van der Waals surface area contributed by atoms with Crippen molar-refractivity contribution in [1.82, 2.24) is 10.6 Å². The van der Waals surface area contributed by atoms with E-state index in [4.69, 9.17) is 47.4 Å². The molecule has 0 aromatic carbocycles. The van der Waals surface area contributed by atoms with E-state index >= 15 is 0 Å². The van der Waals surface area contributed by atoms with Crippen LogP contribution >= 0.6 is 0 Å². The van der Waals surface area contributed by atoms with Crippen LogP contribution in [-0.4, -0.2) is 292 Å². The number of aliphatic hydroxyl groups is 15. The highest BCUT2D eigenvalue weighted by atomic mass is 16.8. The van der Waals surface area contributed by atoms with Gasteiger partial charge in [0.2, 0.25) is 11.8 Å². The van der Waals surface area contributed by atoms with Gasteiger partial charge in [-0.1, -0.05) is 40.2 Å². The van der Waals surface area contributed by atoms with Crippen molar-refractivity contribution in [2.45, 2.75) is 279 Å². The van der Waals surface area contributed by atoms with Gasteiger partial charge in [0.05, 0.1) is 50.8 Å². The first-order chi connectivity index (χ1) is 43.2. The highest BCUT2D eigenvalue weighted by Gasteiger charge is 2.68. The van der Waals surface area contributed by atoms with E-state index in [1.807, 2.05) is 27.7 Å². The smallest absolute Gasteiger partial charge is 0.217 e. The molecule has 0 radical (unpaired) electrons. The summed E-state index contributed by atoms with van der Waals surface area (Å²) in [6.45, 7) is 12.4. The lowest BCUT2D eigenvalue weighted by Gasteiger charge is -2.65. The maximum absolute atomic E-state index is 13.4. The molecule has 526 valence electrons. The summed E-state index contributed by atoms with van der Waals surface area (Å²) in [5.74, 6) is -1.67. The van der Waals surface area contributed by atoms with Gasteiger partial charge >= 0.3 is 0 Å². The summed E-state index contributed by atoms with van der Waals surface area (Å²) < 4.78 is 61.6. The van der Waals surface area contributed by atoms with Crippen LogP contribution < -0.4 is 10.6 Å². The molecule has 17 N–H and O–H groups in total. The molecule has 0 aromatic heterocycles. The number of hydrogen-bond donors (Lipinski definition) is 17. The topological polar surface area (TPSA) is 471 Å². The van der Waals surface area contributed by atoms with Crippen LogP contribution in [0.15, 0.2) is 22.8 Å². The van der Waals surface area contributed by atoms with Crippen molar-refractivity contribution in [3.63, 3.8) is 0 Å². The fourth-order valence-corrected chi connectivity index (χ4v) is 16.9. The third-order valence-corrected chi connectivity index (χ3v) is 21.8. The monoisotopic (exact) mass is 1320 g/mol. The molecule has 92 heavy (non-hydrogen) atoms. The first kappa shape index (κ1) is 73.3. The minimum Gasteiger partial charge on any atom is -0.394 e. The number of hydrogen-bond acceptors (Lipinski definition) is 28. The van der Waals surface area contributed by atoms with Gasteiger partial charge in [0.1, 0.15) is 116 Å². The SMILES string of the molecule is CC(=O)N[C@H]1[C@H](O[C@@H]2CO[C@@H](O[C@H]3CC[C@@]4(C)C(CCC5=C6[C@@H](O)C[C@H]([C@H](C)CC(=O)C=C(C)C)[C@@]6(C)CC[C@@]54O)C3(C)C)[C@H](O[C@@H]3O[C@H](CO[C@@H]4O[C@H](CO)[C@@H](O)[C@H](O)[C@H]4O[C@@H]4O[C@H](CO)[C@@H](O)[C@H](O)[C@H]4O)[C@@H](O)[C@H](O)[C@H]3NC(C)=O)[C@H]2O)O[C@H](CO)[C@H](O)[C@@H]1O. The second-order valence-corrected chi connectivity index (χ2v) is 28.4. The molecule has 30 heteroatoms. The minimum atomic E-state index is -2.01. The Morgan fingerprint density at radius 3 is 1.71 bits per heavy atom. The van der Waals surface area contributed by atoms with E-state index in [1.54, 1.807) is 6.08 Å². The lowest BCUT2D eigenvalue weighted by Crippen LogP contribution is -2.69. The molecule has 0 aromatic rings. The molecular weight excluding hydrogens is 1220 g/mol. The van der Waals surface area contributed by atoms with Crippen molar-refractivity contribution in [3.8, 4) is 0 Å². The molecule has 32 atom stereocenters. The van der Waals surface area contributed by atoms with Gasteiger partial charge in [-0.05, 0) is 105 Å². The number of fused-ring (bicyclic) bond motifs is 4. The van der Waals surface area contributed by atoms with Crippen LogP contribution in [-0.2, 0) is 61.8 Å². The van der Waals surface area contributed by atoms with E-state index in [-0.39, 0.29) is 23.5 Å². The Hall–Kier alpha value is -2.91. The van der Waals surface area contributed by atoms with Crippen LogP contribution in [0.1, 0.15) is 114 Å². The average molecular weight is 1320 g/mol. The Morgan fingerprint density at radius 1 is 0.598 bits per heavy atom. The van der Waals surface area contributed by atoms with Gasteiger partial charge in [-0.2, -0.15) is 0 Å². The minimum absolute atomic E-state index is 0.00626. The molecule has 5 heterocycles. The zero-order valence-electron chi connectivity index (χ0n) is 53.5. The van der Waals surface area contributed by atoms with Crippen LogP contribution in [0.25, 0.3) is 0 Å². The number of ketones is 1. The molecule has 1 unspecified atom stereocenters. The highest BCUT2D eigenvalue weighted by molar-refractivity contribution is 5.90. The van der Waals surface area contributed by atoms with E-state index in [2.05, 4.69) is 31.4 Å². The third-order valence-electron chi connectivity index (χ3n) is 21.8. The second-order valence-electron chi connectivity index (χ2n) is 28.4. The van der Waals surface area contributed by atoms with E-state index < -0.39 is 226 Å². The van der Waals surface area contributed by atoms with Crippen LogP contribution in [0.2, 0.25) is 0 Å². The first-order valence-electron chi connectivity index (χ1n) is 32.1. The highest BCUT2D eigenvalue weighted by Crippen LogP contribution is 2.70. The van der Waals surface area contributed by atoms with Crippen molar-refractivity contribution >= 4 is 17.6 Å². The van der Waals surface area contributed by atoms with Crippen molar-refractivity contribution in [2.75, 3.05) is 33.0 Å². The predicted octanol–water partition coefficient (Wildman–Crippen LogP) is -4.60. The van der Waals surface area contributed by atoms with Gasteiger partial charge in [-0.3, -0.25) is 14.4 Å². The number of carbonyl (C=O) groups is 3. The number of aliphatic hydroxyl groups excluding tert-OH is 14. The van der Waals surface area contributed by atoms with E-state index in [0.29, 0.717) is 51.4 Å². The van der Waals surface area contributed by atoms with Crippen molar-refractivity contribution in [3.05, 3.63) is 22.8 Å². The molecule has 0 bridgehead atoms. The van der Waals surface area contributed by atoms with Crippen LogP contribution in [0.4, 0.5) is 0 Å². The lowest BCUT2D eigenvalue weighted by molar-refractivity contribution is -0.380. The normalized spacial score (nSPS) is 48.1. The van der Waals surface area contributed by atoms with Gasteiger partial charge in [0.15, 0.2) is 37.2 Å². The molecule has 30 nitrogen and oxygen atoms in total. The molecule has 4 aliphatic carbocycles. The number of amides is 2. The summed E-state index contributed by atoms with van der Waals surface area (Å²) >= 11 is 0. The van der Waals surface area contributed by atoms with Gasteiger partial charge in [-0.15, -0.1) is 0 Å². The zero-order chi connectivity index (χ0) is 67.6. The Kier molecular flexibility index (Phi) is 23.0. The van der Waals surface area contributed by atoms with E-state index in [9.17, 15) is 91.0 Å². The largest absolute Gasteiger partial charge is 0.394 e. The number of allylic oxidation sites excluding steroid dienone is 2. The quantitative estimate of drug-likeness (QED) is 0.0310. The maximum Gasteiger partial charge on any atom is 0.217 e. The fraction of sp³-hybridized carbons (Fsp3) is 0.887. The average Bonchev–Trinajstić information content (AvgIpc) is 0.905. The Bertz CT molecular complexity index is 2630. The standard InChI is InChI=1S/C62H100N2O28/c1-24(2)16-28(70)17-25(3)30-18-31(71)39-29-10-11-37-59(6,7)38(12-13-61(37,9)62(29,82)15-14-60(30,39)8)90-58-52(46(76)36(23-84-58)89-54-40(63-26(4)68)47(77)42(72)32(19-65)85-54)91-55-41(64-27(5)69)48(78)45(75)35(88-55)22-83-57-53(50(80)44(74)34(21-67)87-57)92-56-51(81)49(79)43(73)33(20-66)86-56/h16,25,30-38,40-58,65-67,71-82H,10-15,17-23H2,1-9H3,(H,63,68)(H,64,69)/t25-,30-,31+,32-,33-,34-,35-,36-,37?,38+,40-,41-,42+,43-,44-,45-,46+,47-,48-,49+,50+,51-,52-,53-,54+,55+,56+,57-,58+,60-,61+,62-/m1/s1. The molecule has 9 aliphatic rings. The number of nitrogens with one attached hydrogen (secondary N) is 2. The van der Waals surface area contributed by atoms with E-state index in [0.717, 1.165) is 30.6 Å². The molecule has 9 rings (SSSR count). The fourth-order valence-electron chi connectivity index (χ4n) is 16.9. The molecule has 8 fully saturated rings. The van der Waals surface area contributed by atoms with Gasteiger partial charge in [0, 0.05) is 25.7 Å². The molecule has 3 saturated carbocycles. The number of rotatable bonds is 20. The Balaban J connectivity index is 1.000. The molecular formula is C62H100N2O28. The summed E-state index contributed by atoms with van der Waals surface area (Å²) in [5.41, 5.74) is -0.732. The Morgan fingerprint density at radius 2 is 1.12 bits per heavy atom. The number of ether oxygens (including phenoxy) is 10. The molecule has 2 amide bonds. The second kappa shape index (κ2) is 28.9. The lowest BCUT2D eigenvalue weighted by atomic mass is 9.42. The summed E-state index contributed by atoms with van der Waals surface area (Å²) in [7, 11) is 0. The van der Waals surface area contributed by atoms with Crippen molar-refractivity contribution < 1.29 is 138 Å². The van der Waals surface area contributed by atoms with Crippen LogP contribution in [0.5, 0.6) is 0 Å². The summed E-state index contributed by atoms with van der Waals surface area (Å²) in [5, 5.41) is 173. The first-order valence-corrected chi connectivity index (χ1v) is 32.1. The van der Waals surface area contributed by atoms with Crippen LogP contribution in [0, 0.1) is 34.0 Å². The summed E-state index contributed by atoms with van der Waals surface area (Å²) in [4.78, 5) is 38.5. The molecule has 5 aliphatic heterocycles. The van der Waals surface area contributed by atoms with Gasteiger partial charge < -0.3 is 135 Å². The third kappa shape index (κ3) is 13.8. The van der Waals surface area contributed by atoms with E-state index in [1.165, 1.54) is 0 Å². The Labute approximate surface area is 533 Å². The van der Waals surface area contributed by atoms with Gasteiger partial charge in [0.25, 0.3) is 0 Å². The maximum atomic E-state index is 13.4. The number of carbonyl (C=O) groups excluding carboxylic acids is 3. The predicted molar refractivity (Wildman–Crippen MR) is 312 cm³/mol. The van der Waals surface area contributed by atoms with Crippen LogP contribution in [0.3, 0.4) is 0 Å². The van der Waals surface area contributed by atoms with Crippen molar-refractivity contribution in [1.29, 1.82) is 0 Å². The molecule has 0 spiro atoms. The van der Waals surface area contributed by atoms with Crippen molar-refractivity contribution in [2.24, 2.45) is 34.0 Å². The summed E-state index contributed by atoms with van der Waals surface area (Å²) in [6.07, 6.45) is -35.5. The van der Waals surface area contributed by atoms with Gasteiger partial charge in [-0.25, -0.2) is 0 Å². The zero-order valence-corrected chi connectivity index (χ0v) is 53.5. The molecule has 5 saturated heterocycles.